The number of hydrogen-bond donors (Lipinski definition) is 1. The number of benzene rings is 1. The summed E-state index contributed by atoms with van der Waals surface area (Å²) < 4.78 is 6.08. The number of nitrogens with one attached hydrogen (secondary N) is 1. The van der Waals surface area contributed by atoms with Crippen LogP contribution in [0.2, 0.25) is 0 Å². The van der Waals surface area contributed by atoms with Crippen LogP contribution in [0.1, 0.15) is 17.3 Å². The van der Waals surface area contributed by atoms with Crippen molar-refractivity contribution < 1.29 is 14.3 Å². The normalized spacial score (nSPS) is 11.2. The molecule has 0 saturated carbocycles. The lowest BCUT2D eigenvalue weighted by Gasteiger charge is -2.16. The van der Waals surface area contributed by atoms with Crippen LogP contribution >= 0.6 is 15.9 Å². The molecule has 4 nitrogen and oxygen atoms in total. The van der Waals surface area contributed by atoms with E-state index in [2.05, 4.69) is 27.2 Å². The fourth-order valence-electron chi connectivity index (χ4n) is 1.25. The first-order chi connectivity index (χ1) is 8.60. The van der Waals surface area contributed by atoms with Crippen LogP contribution in [0.15, 0.2) is 22.7 Å². The van der Waals surface area contributed by atoms with Crippen molar-refractivity contribution in [1.82, 2.24) is 5.32 Å². The number of terminal acetylenes is 1. The van der Waals surface area contributed by atoms with Crippen LogP contribution in [0, 0.1) is 12.3 Å². The summed E-state index contributed by atoms with van der Waals surface area (Å²) in [5.74, 6) is 2.31. The predicted molar refractivity (Wildman–Crippen MR) is 71.5 cm³/mol. The monoisotopic (exact) mass is 309 g/mol. The molecule has 0 aliphatic carbocycles. The van der Waals surface area contributed by atoms with Crippen molar-refractivity contribution in [3.05, 3.63) is 28.2 Å². The average molecular weight is 310 g/mol. The molecule has 0 spiro atoms. The van der Waals surface area contributed by atoms with Crippen molar-refractivity contribution >= 4 is 28.1 Å². The van der Waals surface area contributed by atoms with Crippen molar-refractivity contribution in [2.75, 3.05) is 6.54 Å². The predicted octanol–water partition coefficient (Wildman–Crippen LogP) is 1.78. The van der Waals surface area contributed by atoms with Gasteiger partial charge in [0, 0.05) is 0 Å². The molecular formula is C13H12BrNO3. The summed E-state index contributed by atoms with van der Waals surface area (Å²) in [6.07, 6.45) is 4.97. The molecule has 1 aromatic rings. The summed E-state index contributed by atoms with van der Waals surface area (Å²) in [5.41, 5.74) is 0.376. The number of ether oxygens (including phenoxy) is 1. The van der Waals surface area contributed by atoms with Gasteiger partial charge in [0.15, 0.2) is 12.4 Å². The lowest BCUT2D eigenvalue weighted by atomic mass is 10.2. The lowest BCUT2D eigenvalue weighted by Crippen LogP contribution is -2.36. The van der Waals surface area contributed by atoms with Gasteiger partial charge in [-0.3, -0.25) is 9.59 Å². The molecule has 0 heterocycles. The highest BCUT2D eigenvalue weighted by molar-refractivity contribution is 9.10. The molecule has 0 aliphatic rings. The van der Waals surface area contributed by atoms with E-state index in [9.17, 15) is 9.59 Å². The Labute approximate surface area is 114 Å². The van der Waals surface area contributed by atoms with Gasteiger partial charge in [-0.1, -0.05) is 12.0 Å². The standard InChI is InChI=1S/C13H12BrNO3/c1-3-7-15-13(17)9(2)18-12-10(8-16)5-4-6-11(12)14/h1,4-6,8-9H,7H2,2H3,(H,15,17). The molecule has 1 rings (SSSR count). The average Bonchev–Trinajstić information content (AvgIpc) is 2.38. The molecular weight excluding hydrogens is 298 g/mol. The van der Waals surface area contributed by atoms with Crippen LogP contribution in [0.3, 0.4) is 0 Å². The highest BCUT2D eigenvalue weighted by Crippen LogP contribution is 2.28. The van der Waals surface area contributed by atoms with Gasteiger partial charge < -0.3 is 10.1 Å². The molecule has 1 amide bonds. The Kier molecular flexibility index (Phi) is 5.40. The van der Waals surface area contributed by atoms with Crippen LogP contribution < -0.4 is 10.1 Å². The topological polar surface area (TPSA) is 55.4 Å². The molecule has 0 aliphatic heterocycles. The van der Waals surface area contributed by atoms with Gasteiger partial charge in [0.1, 0.15) is 5.75 Å². The molecule has 94 valence electrons. The van der Waals surface area contributed by atoms with Crippen molar-refractivity contribution in [1.29, 1.82) is 0 Å². The third-order valence-corrected chi connectivity index (χ3v) is 2.78. The maximum absolute atomic E-state index is 11.6. The van der Waals surface area contributed by atoms with Crippen LogP contribution in [0.25, 0.3) is 0 Å². The highest BCUT2D eigenvalue weighted by atomic mass is 79.9. The van der Waals surface area contributed by atoms with Crippen LogP contribution in [0.4, 0.5) is 0 Å². The van der Waals surface area contributed by atoms with E-state index >= 15 is 0 Å². The third-order valence-electron chi connectivity index (χ3n) is 2.15. The minimum atomic E-state index is -0.740. The first-order valence-electron chi connectivity index (χ1n) is 5.21. The van der Waals surface area contributed by atoms with E-state index in [-0.39, 0.29) is 12.5 Å². The molecule has 0 radical (unpaired) electrons. The van der Waals surface area contributed by atoms with Crippen molar-refractivity contribution in [2.45, 2.75) is 13.0 Å². The van der Waals surface area contributed by atoms with Gasteiger partial charge >= 0.3 is 0 Å². The minimum Gasteiger partial charge on any atom is -0.479 e. The number of amides is 1. The molecule has 1 aromatic carbocycles. The summed E-state index contributed by atoms with van der Waals surface area (Å²) in [4.78, 5) is 22.5. The van der Waals surface area contributed by atoms with Crippen LogP contribution in [-0.4, -0.2) is 24.8 Å². The van der Waals surface area contributed by atoms with Gasteiger partial charge in [0.05, 0.1) is 16.6 Å². The Morgan fingerprint density at radius 3 is 3.00 bits per heavy atom. The Balaban J connectivity index is 2.81. The van der Waals surface area contributed by atoms with Crippen molar-refractivity contribution in [3.63, 3.8) is 0 Å². The molecule has 0 aromatic heterocycles. The smallest absolute Gasteiger partial charge is 0.261 e. The van der Waals surface area contributed by atoms with E-state index < -0.39 is 6.10 Å². The lowest BCUT2D eigenvalue weighted by molar-refractivity contribution is -0.127. The van der Waals surface area contributed by atoms with Crippen LogP contribution in [0.5, 0.6) is 5.75 Å². The fraction of sp³-hybridized carbons (Fsp3) is 0.231. The van der Waals surface area contributed by atoms with E-state index in [1.54, 1.807) is 25.1 Å². The number of halogens is 1. The number of hydrogen-bond acceptors (Lipinski definition) is 3. The summed E-state index contributed by atoms with van der Waals surface area (Å²) in [6.45, 7) is 1.73. The molecule has 1 N–H and O–H groups in total. The molecule has 0 bridgehead atoms. The first kappa shape index (κ1) is 14.3. The second kappa shape index (κ2) is 6.82. The summed E-state index contributed by atoms with van der Waals surface area (Å²) in [6, 6.07) is 5.05. The highest BCUT2D eigenvalue weighted by Gasteiger charge is 2.17. The number of rotatable bonds is 5. The summed E-state index contributed by atoms with van der Waals surface area (Å²) in [5, 5.41) is 2.51. The number of carbonyl (C=O) groups excluding carboxylic acids is 2. The molecule has 0 saturated heterocycles. The quantitative estimate of drug-likeness (QED) is 0.666. The summed E-state index contributed by atoms with van der Waals surface area (Å²) in [7, 11) is 0. The van der Waals surface area contributed by atoms with Gasteiger partial charge in [0.2, 0.25) is 0 Å². The summed E-state index contributed by atoms with van der Waals surface area (Å²) >= 11 is 3.27. The van der Waals surface area contributed by atoms with Gasteiger partial charge in [0.25, 0.3) is 5.91 Å². The van der Waals surface area contributed by atoms with E-state index in [0.29, 0.717) is 22.1 Å². The Morgan fingerprint density at radius 2 is 2.39 bits per heavy atom. The maximum Gasteiger partial charge on any atom is 0.261 e. The molecule has 18 heavy (non-hydrogen) atoms. The largest absolute Gasteiger partial charge is 0.479 e. The Hall–Kier alpha value is -1.80. The van der Waals surface area contributed by atoms with Gasteiger partial charge in [-0.05, 0) is 35.0 Å². The number of carbonyl (C=O) groups is 2. The minimum absolute atomic E-state index is 0.142. The molecule has 0 fully saturated rings. The zero-order valence-electron chi connectivity index (χ0n) is 9.77. The van der Waals surface area contributed by atoms with Gasteiger partial charge in [-0.25, -0.2) is 0 Å². The Morgan fingerprint density at radius 1 is 1.67 bits per heavy atom. The second-order valence-corrected chi connectivity index (χ2v) is 4.31. The number of aldehydes is 1. The zero-order valence-corrected chi connectivity index (χ0v) is 11.4. The third kappa shape index (κ3) is 3.60. The molecule has 1 unspecified atom stereocenters. The van der Waals surface area contributed by atoms with Crippen LogP contribution in [-0.2, 0) is 4.79 Å². The Bertz CT molecular complexity index is 493. The SMILES string of the molecule is C#CCNC(=O)C(C)Oc1c(Br)cccc1C=O. The number of para-hydroxylation sites is 1. The van der Waals surface area contributed by atoms with E-state index in [1.165, 1.54) is 0 Å². The zero-order chi connectivity index (χ0) is 13.5. The van der Waals surface area contributed by atoms with Crippen molar-refractivity contribution in [3.8, 4) is 18.1 Å². The molecule has 1 atom stereocenters. The van der Waals surface area contributed by atoms with Crippen molar-refractivity contribution in [2.24, 2.45) is 0 Å². The van der Waals surface area contributed by atoms with Gasteiger partial charge in [-0.2, -0.15) is 0 Å². The first-order valence-corrected chi connectivity index (χ1v) is 6.01. The van der Waals surface area contributed by atoms with E-state index in [4.69, 9.17) is 11.2 Å². The molecule has 5 heteroatoms. The van der Waals surface area contributed by atoms with E-state index in [0.717, 1.165) is 0 Å². The second-order valence-electron chi connectivity index (χ2n) is 3.46. The van der Waals surface area contributed by atoms with E-state index in [1.807, 2.05) is 0 Å². The van der Waals surface area contributed by atoms with Gasteiger partial charge in [-0.15, -0.1) is 6.42 Å². The maximum atomic E-state index is 11.6. The fourth-order valence-corrected chi connectivity index (χ4v) is 1.73.